The zero-order valence-corrected chi connectivity index (χ0v) is 12.6. The molecule has 2 heterocycles. The van der Waals surface area contributed by atoms with Gasteiger partial charge in [0, 0.05) is 26.8 Å². The summed E-state index contributed by atoms with van der Waals surface area (Å²) < 4.78 is 10.8. The number of rotatable bonds is 5. The molecule has 0 saturated carbocycles. The van der Waals surface area contributed by atoms with Crippen molar-refractivity contribution in [3.8, 4) is 0 Å². The lowest BCUT2D eigenvalue weighted by atomic mass is 9.90. The molecule has 3 unspecified atom stereocenters. The van der Waals surface area contributed by atoms with E-state index in [1.807, 2.05) is 0 Å². The Morgan fingerprint density at radius 1 is 1.57 bits per heavy atom. The van der Waals surface area contributed by atoms with E-state index in [9.17, 15) is 14.7 Å². The second-order valence-electron chi connectivity index (χ2n) is 6.10. The summed E-state index contributed by atoms with van der Waals surface area (Å²) in [5.41, 5.74) is -0.849. The minimum atomic E-state index is -0.856. The molecule has 2 N–H and O–H groups in total. The van der Waals surface area contributed by atoms with E-state index in [-0.39, 0.29) is 24.7 Å². The first-order valence-corrected chi connectivity index (χ1v) is 7.35. The van der Waals surface area contributed by atoms with Crippen molar-refractivity contribution in [1.82, 2.24) is 10.2 Å². The van der Waals surface area contributed by atoms with Crippen LogP contribution >= 0.6 is 0 Å². The van der Waals surface area contributed by atoms with E-state index in [0.717, 1.165) is 12.8 Å². The van der Waals surface area contributed by atoms with Crippen molar-refractivity contribution in [2.45, 2.75) is 38.3 Å². The standard InChI is InChI=1S/C14H24N2O5/c1-14(12(17)18)5-6-16(9-14)13(19)15-10(8-20-2)11-4-3-7-21-11/h10-11H,3-9H2,1-2H3,(H,15,19)(H,17,18). The first-order chi connectivity index (χ1) is 9.96. The van der Waals surface area contributed by atoms with Crippen molar-refractivity contribution in [1.29, 1.82) is 0 Å². The quantitative estimate of drug-likeness (QED) is 0.780. The predicted molar refractivity (Wildman–Crippen MR) is 75.1 cm³/mol. The molecule has 7 nitrogen and oxygen atoms in total. The third-order valence-corrected chi connectivity index (χ3v) is 4.35. The van der Waals surface area contributed by atoms with Crippen molar-refractivity contribution in [2.24, 2.45) is 5.41 Å². The Morgan fingerprint density at radius 2 is 2.33 bits per heavy atom. The minimum absolute atomic E-state index is 0.0256. The lowest BCUT2D eigenvalue weighted by Crippen LogP contribution is -2.51. The highest BCUT2D eigenvalue weighted by atomic mass is 16.5. The van der Waals surface area contributed by atoms with Crippen molar-refractivity contribution in [3.63, 3.8) is 0 Å². The van der Waals surface area contributed by atoms with Crippen molar-refractivity contribution >= 4 is 12.0 Å². The average molecular weight is 300 g/mol. The fourth-order valence-electron chi connectivity index (χ4n) is 2.90. The zero-order chi connectivity index (χ0) is 15.5. The Balaban J connectivity index is 1.92. The molecule has 0 radical (unpaired) electrons. The number of aliphatic carboxylic acids is 1. The van der Waals surface area contributed by atoms with E-state index in [1.54, 1.807) is 18.9 Å². The van der Waals surface area contributed by atoms with Crippen LogP contribution in [0.3, 0.4) is 0 Å². The maximum absolute atomic E-state index is 12.3. The van der Waals surface area contributed by atoms with Gasteiger partial charge in [0.15, 0.2) is 0 Å². The van der Waals surface area contributed by atoms with Crippen LogP contribution in [-0.4, -0.2) is 67.6 Å². The number of nitrogens with one attached hydrogen (secondary N) is 1. The number of carbonyl (C=O) groups is 2. The summed E-state index contributed by atoms with van der Waals surface area (Å²) in [6.45, 7) is 3.47. The smallest absolute Gasteiger partial charge is 0.317 e. The van der Waals surface area contributed by atoms with Gasteiger partial charge in [-0.25, -0.2) is 4.79 Å². The van der Waals surface area contributed by atoms with Crippen LogP contribution < -0.4 is 5.32 Å². The van der Waals surface area contributed by atoms with Crippen LogP contribution in [0.1, 0.15) is 26.2 Å². The van der Waals surface area contributed by atoms with Gasteiger partial charge in [0.25, 0.3) is 0 Å². The molecule has 2 fully saturated rings. The van der Waals surface area contributed by atoms with Gasteiger partial charge in [0.1, 0.15) is 0 Å². The number of urea groups is 1. The summed E-state index contributed by atoms with van der Waals surface area (Å²) in [7, 11) is 1.59. The Hall–Kier alpha value is -1.34. The maximum atomic E-state index is 12.3. The molecule has 2 rings (SSSR count). The average Bonchev–Trinajstić information content (AvgIpc) is 3.08. The molecule has 2 aliphatic rings. The predicted octanol–water partition coefficient (Wildman–Crippen LogP) is 0.687. The Bertz CT molecular complexity index is 397. The number of methoxy groups -OCH3 is 1. The van der Waals surface area contributed by atoms with Crippen LogP contribution in [-0.2, 0) is 14.3 Å². The molecular weight excluding hydrogens is 276 g/mol. The van der Waals surface area contributed by atoms with Gasteiger partial charge in [0.05, 0.1) is 24.2 Å². The highest BCUT2D eigenvalue weighted by molar-refractivity contribution is 5.79. The number of carboxylic acid groups (broad SMARTS) is 1. The first kappa shape index (κ1) is 16.0. The molecule has 0 spiro atoms. The van der Waals surface area contributed by atoms with Gasteiger partial charge in [-0.05, 0) is 26.2 Å². The molecule has 2 amide bonds. The Morgan fingerprint density at radius 3 is 2.86 bits per heavy atom. The van der Waals surface area contributed by atoms with Gasteiger partial charge in [-0.15, -0.1) is 0 Å². The molecule has 0 bridgehead atoms. The molecule has 0 aromatic rings. The lowest BCUT2D eigenvalue weighted by Gasteiger charge is -2.27. The second-order valence-corrected chi connectivity index (χ2v) is 6.10. The van der Waals surface area contributed by atoms with Crippen molar-refractivity contribution in [2.75, 3.05) is 33.4 Å². The van der Waals surface area contributed by atoms with E-state index < -0.39 is 11.4 Å². The van der Waals surface area contributed by atoms with Crippen LogP contribution in [0.15, 0.2) is 0 Å². The summed E-state index contributed by atoms with van der Waals surface area (Å²) >= 11 is 0. The van der Waals surface area contributed by atoms with E-state index >= 15 is 0 Å². The van der Waals surface area contributed by atoms with Crippen LogP contribution in [0.2, 0.25) is 0 Å². The van der Waals surface area contributed by atoms with E-state index in [1.165, 1.54) is 0 Å². The number of hydrogen-bond donors (Lipinski definition) is 2. The summed E-state index contributed by atoms with van der Waals surface area (Å²) in [5.74, 6) is -0.856. The molecular formula is C14H24N2O5. The van der Waals surface area contributed by atoms with Gasteiger partial charge < -0.3 is 24.8 Å². The van der Waals surface area contributed by atoms with Gasteiger partial charge in [0.2, 0.25) is 0 Å². The summed E-state index contributed by atoms with van der Waals surface area (Å²) in [6.07, 6.45) is 2.34. The molecule has 120 valence electrons. The maximum Gasteiger partial charge on any atom is 0.317 e. The van der Waals surface area contributed by atoms with Gasteiger partial charge in [-0.1, -0.05) is 0 Å². The van der Waals surface area contributed by atoms with Crippen molar-refractivity contribution < 1.29 is 24.2 Å². The summed E-state index contributed by atoms with van der Waals surface area (Å²) in [6, 6.07) is -0.431. The van der Waals surface area contributed by atoms with Crippen LogP contribution in [0.4, 0.5) is 4.79 Å². The fourth-order valence-corrected chi connectivity index (χ4v) is 2.90. The van der Waals surface area contributed by atoms with Gasteiger partial charge in [-0.3, -0.25) is 4.79 Å². The molecule has 3 atom stereocenters. The van der Waals surface area contributed by atoms with Crippen LogP contribution in [0, 0.1) is 5.41 Å². The largest absolute Gasteiger partial charge is 0.481 e. The summed E-state index contributed by atoms with van der Waals surface area (Å²) in [5, 5.41) is 12.1. The molecule has 0 aliphatic carbocycles. The zero-order valence-electron chi connectivity index (χ0n) is 12.6. The number of nitrogens with zero attached hydrogens (tertiary/aromatic N) is 1. The number of carbonyl (C=O) groups excluding carboxylic acids is 1. The molecule has 0 aromatic carbocycles. The Labute approximate surface area is 124 Å². The van der Waals surface area contributed by atoms with Gasteiger partial charge in [-0.2, -0.15) is 0 Å². The minimum Gasteiger partial charge on any atom is -0.481 e. The molecule has 7 heteroatoms. The van der Waals surface area contributed by atoms with Gasteiger partial charge >= 0.3 is 12.0 Å². The van der Waals surface area contributed by atoms with Crippen LogP contribution in [0.5, 0.6) is 0 Å². The summed E-state index contributed by atoms with van der Waals surface area (Å²) in [4.78, 5) is 25.1. The van der Waals surface area contributed by atoms with E-state index in [2.05, 4.69) is 5.32 Å². The van der Waals surface area contributed by atoms with E-state index in [0.29, 0.717) is 26.2 Å². The number of amides is 2. The molecule has 0 aromatic heterocycles. The highest BCUT2D eigenvalue weighted by Gasteiger charge is 2.42. The highest BCUT2D eigenvalue weighted by Crippen LogP contribution is 2.30. The molecule has 21 heavy (non-hydrogen) atoms. The monoisotopic (exact) mass is 300 g/mol. The SMILES string of the molecule is COCC(NC(=O)N1CCC(C)(C(=O)O)C1)C1CCCO1. The van der Waals surface area contributed by atoms with Crippen LogP contribution in [0.25, 0.3) is 0 Å². The number of ether oxygens (including phenoxy) is 2. The van der Waals surface area contributed by atoms with E-state index in [4.69, 9.17) is 9.47 Å². The first-order valence-electron chi connectivity index (χ1n) is 7.35. The third-order valence-electron chi connectivity index (χ3n) is 4.35. The number of likely N-dealkylation sites (tertiary alicyclic amines) is 1. The normalized spacial score (nSPS) is 30.4. The Kier molecular flexibility index (Phi) is 5.05. The third kappa shape index (κ3) is 3.65. The fraction of sp³-hybridized carbons (Fsp3) is 0.857. The number of carboxylic acids is 1. The lowest BCUT2D eigenvalue weighted by molar-refractivity contribution is -0.147. The number of hydrogen-bond acceptors (Lipinski definition) is 4. The second kappa shape index (κ2) is 6.62. The molecule has 2 saturated heterocycles. The molecule has 2 aliphatic heterocycles. The topological polar surface area (TPSA) is 88.1 Å². The van der Waals surface area contributed by atoms with Crippen molar-refractivity contribution in [3.05, 3.63) is 0 Å².